The van der Waals surface area contributed by atoms with Crippen LogP contribution in [0.15, 0.2) is 60.7 Å². The maximum atomic E-state index is 12.9. The monoisotopic (exact) mass is 360 g/mol. The molecule has 0 spiro atoms. The molecule has 0 unspecified atom stereocenters. The molecule has 138 valence electrons. The topological polar surface area (TPSA) is 41.6 Å². The maximum Gasteiger partial charge on any atom is 0.254 e. The Morgan fingerprint density at radius 1 is 1.07 bits per heavy atom. The largest absolute Gasteiger partial charge is 0.378 e. The number of hydrogen-bond donors (Lipinski definition) is 1. The van der Waals surface area contributed by atoms with Gasteiger partial charge < -0.3 is 15.0 Å². The van der Waals surface area contributed by atoms with E-state index in [1.165, 1.54) is 11.1 Å². The molecule has 5 rings (SSSR count). The average molecular weight is 360 g/mol. The molecule has 3 aliphatic rings. The highest BCUT2D eigenvalue weighted by Crippen LogP contribution is 2.49. The second-order valence-electron chi connectivity index (χ2n) is 7.59. The number of fused-ring (bicyclic) bond motifs is 3. The van der Waals surface area contributed by atoms with Crippen molar-refractivity contribution in [2.24, 2.45) is 5.92 Å². The lowest BCUT2D eigenvalue weighted by Crippen LogP contribution is -2.40. The van der Waals surface area contributed by atoms with Crippen molar-refractivity contribution in [2.75, 3.05) is 31.6 Å². The lowest BCUT2D eigenvalue weighted by atomic mass is 9.76. The van der Waals surface area contributed by atoms with Crippen molar-refractivity contribution in [3.63, 3.8) is 0 Å². The molecule has 1 aliphatic carbocycles. The predicted octanol–water partition coefficient (Wildman–Crippen LogP) is 3.99. The second-order valence-corrected chi connectivity index (χ2v) is 7.59. The zero-order chi connectivity index (χ0) is 18.2. The van der Waals surface area contributed by atoms with Crippen LogP contribution in [-0.4, -0.2) is 37.1 Å². The Hall–Kier alpha value is -2.59. The van der Waals surface area contributed by atoms with Crippen LogP contribution in [0.1, 0.15) is 39.9 Å². The first-order chi connectivity index (χ1) is 13.3. The second kappa shape index (κ2) is 6.86. The minimum absolute atomic E-state index is 0.116. The van der Waals surface area contributed by atoms with Crippen LogP contribution >= 0.6 is 0 Å². The smallest absolute Gasteiger partial charge is 0.254 e. The summed E-state index contributed by atoms with van der Waals surface area (Å²) >= 11 is 0. The normalized spacial score (nSPS) is 26.2. The maximum absolute atomic E-state index is 12.9. The van der Waals surface area contributed by atoms with Gasteiger partial charge in [0.15, 0.2) is 0 Å². The summed E-state index contributed by atoms with van der Waals surface area (Å²) in [5.41, 5.74) is 4.51. The first-order valence-electron chi connectivity index (χ1n) is 9.80. The van der Waals surface area contributed by atoms with Crippen molar-refractivity contribution in [3.8, 4) is 0 Å². The Labute approximate surface area is 159 Å². The molecule has 1 N–H and O–H groups in total. The Bertz CT molecular complexity index is 871. The third kappa shape index (κ3) is 2.94. The number of carbonyl (C=O) groups is 1. The van der Waals surface area contributed by atoms with Gasteiger partial charge in [0.05, 0.1) is 19.3 Å². The van der Waals surface area contributed by atoms with E-state index in [-0.39, 0.29) is 5.91 Å². The van der Waals surface area contributed by atoms with Gasteiger partial charge in [-0.3, -0.25) is 4.79 Å². The first-order valence-corrected chi connectivity index (χ1v) is 9.80. The third-order valence-electron chi connectivity index (χ3n) is 6.07. The van der Waals surface area contributed by atoms with Crippen LogP contribution < -0.4 is 5.32 Å². The van der Waals surface area contributed by atoms with E-state index >= 15 is 0 Å². The summed E-state index contributed by atoms with van der Waals surface area (Å²) in [6.07, 6.45) is 5.68. The van der Waals surface area contributed by atoms with Crippen molar-refractivity contribution >= 4 is 11.6 Å². The number of nitrogens with one attached hydrogen (secondary N) is 1. The van der Waals surface area contributed by atoms with E-state index in [0.717, 1.165) is 17.7 Å². The average Bonchev–Trinajstić information content (AvgIpc) is 3.24. The molecule has 3 atom stereocenters. The highest BCUT2D eigenvalue weighted by molar-refractivity contribution is 5.95. The van der Waals surface area contributed by atoms with Gasteiger partial charge in [0.25, 0.3) is 5.91 Å². The van der Waals surface area contributed by atoms with Crippen LogP contribution in [0.4, 0.5) is 5.69 Å². The van der Waals surface area contributed by atoms with Gasteiger partial charge in [0, 0.05) is 30.3 Å². The van der Waals surface area contributed by atoms with Crippen LogP contribution in [0.2, 0.25) is 0 Å². The summed E-state index contributed by atoms with van der Waals surface area (Å²) in [4.78, 5) is 14.8. The minimum atomic E-state index is 0.116. The predicted molar refractivity (Wildman–Crippen MR) is 106 cm³/mol. The quantitative estimate of drug-likeness (QED) is 0.824. The van der Waals surface area contributed by atoms with Crippen LogP contribution in [0.3, 0.4) is 0 Å². The van der Waals surface area contributed by atoms with E-state index in [2.05, 4.69) is 59.9 Å². The van der Waals surface area contributed by atoms with Crippen molar-refractivity contribution in [1.29, 1.82) is 0 Å². The Morgan fingerprint density at radius 2 is 1.89 bits per heavy atom. The number of anilines is 1. The van der Waals surface area contributed by atoms with E-state index in [9.17, 15) is 4.79 Å². The number of nitrogens with zero attached hydrogens (tertiary/aromatic N) is 1. The fourth-order valence-electron chi connectivity index (χ4n) is 4.67. The molecule has 0 radical (unpaired) electrons. The third-order valence-corrected chi connectivity index (χ3v) is 6.07. The summed E-state index contributed by atoms with van der Waals surface area (Å²) in [5, 5.41) is 3.75. The van der Waals surface area contributed by atoms with Crippen LogP contribution in [-0.2, 0) is 4.74 Å². The fraction of sp³-hybridized carbons (Fsp3) is 0.348. The molecule has 2 heterocycles. The highest BCUT2D eigenvalue weighted by Gasteiger charge is 2.38. The lowest BCUT2D eigenvalue weighted by molar-refractivity contribution is 0.0303. The van der Waals surface area contributed by atoms with Gasteiger partial charge in [-0.2, -0.15) is 0 Å². The lowest BCUT2D eigenvalue weighted by Gasteiger charge is -2.38. The Morgan fingerprint density at radius 3 is 2.70 bits per heavy atom. The number of amides is 1. The summed E-state index contributed by atoms with van der Waals surface area (Å²) in [7, 11) is 0. The first kappa shape index (κ1) is 16.6. The number of benzene rings is 2. The van der Waals surface area contributed by atoms with Crippen LogP contribution in [0, 0.1) is 5.92 Å². The molecule has 1 amide bonds. The molecule has 1 fully saturated rings. The van der Waals surface area contributed by atoms with E-state index in [4.69, 9.17) is 4.74 Å². The number of carbonyl (C=O) groups excluding carboxylic acids is 1. The number of rotatable bonds is 2. The molecule has 2 aromatic rings. The van der Waals surface area contributed by atoms with E-state index in [0.29, 0.717) is 44.2 Å². The van der Waals surface area contributed by atoms with Crippen molar-refractivity contribution in [3.05, 3.63) is 77.4 Å². The van der Waals surface area contributed by atoms with Gasteiger partial charge in [-0.1, -0.05) is 42.5 Å². The number of morpholine rings is 1. The van der Waals surface area contributed by atoms with Crippen molar-refractivity contribution in [1.82, 2.24) is 4.90 Å². The molecule has 4 nitrogen and oxygen atoms in total. The summed E-state index contributed by atoms with van der Waals surface area (Å²) in [6, 6.07) is 17.1. The fourth-order valence-corrected chi connectivity index (χ4v) is 4.67. The number of allylic oxidation sites excluding steroid dienone is 2. The molecule has 0 saturated carbocycles. The molecule has 4 heteroatoms. The van der Waals surface area contributed by atoms with Crippen molar-refractivity contribution < 1.29 is 9.53 Å². The van der Waals surface area contributed by atoms with Crippen LogP contribution in [0.5, 0.6) is 0 Å². The number of ether oxygens (including phenoxy) is 1. The number of hydrogen-bond acceptors (Lipinski definition) is 3. The standard InChI is InChI=1S/C23H24N2O2/c26-23(25-11-13-27-14-12-25)17-9-10-21-20(15-17)18-7-4-8-19(18)22(24-21)16-5-2-1-3-6-16/h1-7,9-10,15,18-19,22,24H,8,11-14H2/t18-,19-,22+/m0/s1. The van der Waals surface area contributed by atoms with Crippen molar-refractivity contribution in [2.45, 2.75) is 18.4 Å². The summed E-state index contributed by atoms with van der Waals surface area (Å²) in [6.45, 7) is 2.61. The zero-order valence-corrected chi connectivity index (χ0v) is 15.3. The van der Waals surface area contributed by atoms with Gasteiger partial charge in [-0.25, -0.2) is 0 Å². The van der Waals surface area contributed by atoms with Gasteiger partial charge in [-0.15, -0.1) is 0 Å². The molecular weight excluding hydrogens is 336 g/mol. The van der Waals surface area contributed by atoms with Gasteiger partial charge in [0.1, 0.15) is 0 Å². The van der Waals surface area contributed by atoms with Gasteiger partial charge >= 0.3 is 0 Å². The molecule has 27 heavy (non-hydrogen) atoms. The molecule has 2 aliphatic heterocycles. The highest BCUT2D eigenvalue weighted by atomic mass is 16.5. The molecule has 0 bridgehead atoms. The van der Waals surface area contributed by atoms with E-state index < -0.39 is 0 Å². The van der Waals surface area contributed by atoms with E-state index in [1.807, 2.05) is 11.0 Å². The van der Waals surface area contributed by atoms with E-state index in [1.54, 1.807) is 0 Å². The Balaban J connectivity index is 1.47. The summed E-state index contributed by atoms with van der Waals surface area (Å²) in [5.74, 6) is 0.974. The SMILES string of the molecule is O=C(c1ccc2c(c1)[C@H]1C=CC[C@@H]1[C@@H](c1ccccc1)N2)N1CCOCC1. The minimum Gasteiger partial charge on any atom is -0.378 e. The van der Waals surface area contributed by atoms with Crippen LogP contribution in [0.25, 0.3) is 0 Å². The molecular formula is C23H24N2O2. The molecule has 2 aromatic carbocycles. The van der Waals surface area contributed by atoms with Gasteiger partial charge in [-0.05, 0) is 41.7 Å². The summed E-state index contributed by atoms with van der Waals surface area (Å²) < 4.78 is 5.37. The molecule has 0 aromatic heterocycles. The zero-order valence-electron chi connectivity index (χ0n) is 15.3. The van der Waals surface area contributed by atoms with Gasteiger partial charge in [0.2, 0.25) is 0 Å². The molecule has 1 saturated heterocycles. The Kier molecular flexibility index (Phi) is 4.21.